The molecule has 0 atom stereocenters. The van der Waals surface area contributed by atoms with Crippen LogP contribution in [0.2, 0.25) is 0 Å². The summed E-state index contributed by atoms with van der Waals surface area (Å²) in [6.45, 7) is 4.13. The minimum absolute atomic E-state index is 0.470. The van der Waals surface area contributed by atoms with E-state index in [2.05, 4.69) is 53.8 Å². The van der Waals surface area contributed by atoms with Gasteiger partial charge in [0, 0.05) is 28.9 Å². The number of nitrogens with one attached hydrogen (secondary N) is 1. The van der Waals surface area contributed by atoms with Crippen LogP contribution in [0.1, 0.15) is 36.9 Å². The predicted octanol–water partition coefficient (Wildman–Crippen LogP) is 4.31. The second kappa shape index (κ2) is 6.37. The first-order chi connectivity index (χ1) is 10.2. The van der Waals surface area contributed by atoms with Crippen LogP contribution in [0, 0.1) is 6.92 Å². The van der Waals surface area contributed by atoms with Crippen LogP contribution < -0.4 is 5.32 Å². The van der Waals surface area contributed by atoms with Gasteiger partial charge in [-0.15, -0.1) is 0 Å². The second-order valence-electron chi connectivity index (χ2n) is 6.14. The average molecular weight is 300 g/mol. The van der Waals surface area contributed by atoms with Gasteiger partial charge in [0.05, 0.1) is 5.52 Å². The molecule has 1 aliphatic carbocycles. The van der Waals surface area contributed by atoms with Crippen molar-refractivity contribution in [1.29, 1.82) is 0 Å². The Balaban J connectivity index is 1.73. The fourth-order valence-corrected chi connectivity index (χ4v) is 4.38. The monoisotopic (exact) mass is 300 g/mol. The summed E-state index contributed by atoms with van der Waals surface area (Å²) in [7, 11) is 0. The van der Waals surface area contributed by atoms with E-state index in [4.69, 9.17) is 0 Å². The molecular formula is C18H24N2S. The van der Waals surface area contributed by atoms with E-state index in [9.17, 15) is 0 Å². The number of aromatic nitrogens is 1. The molecule has 0 saturated heterocycles. The molecule has 3 rings (SSSR count). The summed E-state index contributed by atoms with van der Waals surface area (Å²) >= 11 is 2.05. The Morgan fingerprint density at radius 3 is 2.76 bits per heavy atom. The lowest BCUT2D eigenvalue weighted by Crippen LogP contribution is -2.34. The maximum absolute atomic E-state index is 4.62. The van der Waals surface area contributed by atoms with Gasteiger partial charge in [0.25, 0.3) is 0 Å². The van der Waals surface area contributed by atoms with Gasteiger partial charge in [-0.1, -0.05) is 31.0 Å². The Kier molecular flexibility index (Phi) is 4.51. The van der Waals surface area contributed by atoms with E-state index in [1.54, 1.807) is 0 Å². The summed E-state index contributed by atoms with van der Waals surface area (Å²) in [6.07, 6.45) is 7.76. The average Bonchev–Trinajstić information content (AvgIpc) is 2.96. The highest BCUT2D eigenvalue weighted by Crippen LogP contribution is 2.39. The minimum Gasteiger partial charge on any atom is -0.311 e. The first-order valence-corrected chi connectivity index (χ1v) is 9.06. The molecule has 0 aliphatic heterocycles. The Morgan fingerprint density at radius 1 is 1.24 bits per heavy atom. The highest BCUT2D eigenvalue weighted by molar-refractivity contribution is 8.00. The lowest BCUT2D eigenvalue weighted by molar-refractivity contribution is 0.534. The highest BCUT2D eigenvalue weighted by Gasteiger charge is 2.32. The summed E-state index contributed by atoms with van der Waals surface area (Å²) in [5, 5.41) is 4.98. The van der Waals surface area contributed by atoms with Crippen LogP contribution >= 0.6 is 11.8 Å². The Bertz CT molecular complexity index is 618. The molecule has 0 unspecified atom stereocenters. The Hall–Kier alpha value is -1.06. The molecule has 1 aromatic heterocycles. The van der Waals surface area contributed by atoms with Crippen molar-refractivity contribution in [1.82, 2.24) is 10.3 Å². The zero-order valence-electron chi connectivity index (χ0n) is 13.0. The van der Waals surface area contributed by atoms with E-state index < -0.39 is 0 Å². The number of aryl methyl sites for hydroxylation is 1. The van der Waals surface area contributed by atoms with E-state index in [-0.39, 0.29) is 0 Å². The van der Waals surface area contributed by atoms with Crippen molar-refractivity contribution in [3.05, 3.63) is 41.6 Å². The molecule has 1 fully saturated rings. The molecular weight excluding hydrogens is 276 g/mol. The minimum atomic E-state index is 0.470. The molecule has 0 bridgehead atoms. The van der Waals surface area contributed by atoms with Gasteiger partial charge in [-0.2, -0.15) is 11.8 Å². The topological polar surface area (TPSA) is 24.9 Å². The lowest BCUT2D eigenvalue weighted by Gasteiger charge is -2.27. The number of hydrogen-bond donors (Lipinski definition) is 1. The molecule has 2 nitrogen and oxygen atoms in total. The van der Waals surface area contributed by atoms with Crippen LogP contribution in [0.5, 0.6) is 0 Å². The molecule has 21 heavy (non-hydrogen) atoms. The van der Waals surface area contributed by atoms with Crippen LogP contribution in [0.4, 0.5) is 0 Å². The Morgan fingerprint density at radius 2 is 2.00 bits per heavy atom. The first kappa shape index (κ1) is 14.9. The summed E-state index contributed by atoms with van der Waals surface area (Å²) < 4.78 is 0.470. The molecule has 0 spiro atoms. The van der Waals surface area contributed by atoms with Crippen LogP contribution in [0.15, 0.2) is 30.3 Å². The van der Waals surface area contributed by atoms with Crippen molar-refractivity contribution >= 4 is 22.7 Å². The molecule has 1 heterocycles. The molecule has 1 N–H and O–H groups in total. The van der Waals surface area contributed by atoms with Gasteiger partial charge >= 0.3 is 0 Å². The number of pyridine rings is 1. The van der Waals surface area contributed by atoms with Gasteiger partial charge in [-0.25, -0.2) is 0 Å². The van der Waals surface area contributed by atoms with Crippen LogP contribution in [0.3, 0.4) is 0 Å². The molecule has 0 amide bonds. The fraction of sp³-hybridized carbons (Fsp3) is 0.500. The third-order valence-corrected chi connectivity index (χ3v) is 6.06. The van der Waals surface area contributed by atoms with Gasteiger partial charge in [0.15, 0.2) is 0 Å². The van der Waals surface area contributed by atoms with Crippen molar-refractivity contribution in [2.24, 2.45) is 0 Å². The largest absolute Gasteiger partial charge is 0.311 e. The third-order valence-electron chi connectivity index (χ3n) is 4.64. The standard InChI is InChI=1S/C18H24N2S/c1-14-11-15(16-7-3-4-8-17(16)20-14)12-19-13-18(21-2)9-5-6-10-18/h3-4,7-8,11,19H,5-6,9-10,12-13H2,1-2H3. The molecule has 1 aromatic carbocycles. The van der Waals surface area contributed by atoms with Crippen molar-refractivity contribution in [2.75, 3.05) is 12.8 Å². The van der Waals surface area contributed by atoms with E-state index in [1.807, 2.05) is 11.8 Å². The number of thioether (sulfide) groups is 1. The van der Waals surface area contributed by atoms with Crippen LogP contribution in [-0.4, -0.2) is 22.5 Å². The lowest BCUT2D eigenvalue weighted by atomic mass is 10.1. The zero-order chi connectivity index (χ0) is 14.7. The maximum atomic E-state index is 4.62. The van der Waals surface area contributed by atoms with E-state index in [0.29, 0.717) is 4.75 Å². The van der Waals surface area contributed by atoms with E-state index in [1.165, 1.54) is 36.6 Å². The number of hydrogen-bond acceptors (Lipinski definition) is 3. The number of benzene rings is 1. The maximum Gasteiger partial charge on any atom is 0.0708 e. The van der Waals surface area contributed by atoms with E-state index in [0.717, 1.165) is 24.3 Å². The normalized spacial score (nSPS) is 17.4. The summed E-state index contributed by atoms with van der Waals surface area (Å²) in [6, 6.07) is 10.7. The van der Waals surface area contributed by atoms with Crippen molar-refractivity contribution in [2.45, 2.75) is 43.9 Å². The number of rotatable bonds is 5. The van der Waals surface area contributed by atoms with Gasteiger partial charge < -0.3 is 5.32 Å². The quantitative estimate of drug-likeness (QED) is 0.890. The van der Waals surface area contributed by atoms with Gasteiger partial charge in [-0.3, -0.25) is 4.98 Å². The molecule has 3 heteroatoms. The van der Waals surface area contributed by atoms with Gasteiger partial charge in [0.2, 0.25) is 0 Å². The van der Waals surface area contributed by atoms with Gasteiger partial charge in [0.1, 0.15) is 0 Å². The van der Waals surface area contributed by atoms with E-state index >= 15 is 0 Å². The number of nitrogens with zero attached hydrogens (tertiary/aromatic N) is 1. The highest BCUT2D eigenvalue weighted by atomic mass is 32.2. The zero-order valence-corrected chi connectivity index (χ0v) is 13.8. The number of fused-ring (bicyclic) bond motifs is 1. The summed E-state index contributed by atoms with van der Waals surface area (Å²) in [5.74, 6) is 0. The predicted molar refractivity (Wildman–Crippen MR) is 92.9 cm³/mol. The van der Waals surface area contributed by atoms with Crippen LogP contribution in [-0.2, 0) is 6.54 Å². The summed E-state index contributed by atoms with van der Waals surface area (Å²) in [5.41, 5.74) is 3.58. The fourth-order valence-electron chi connectivity index (χ4n) is 3.44. The van der Waals surface area contributed by atoms with Gasteiger partial charge in [-0.05, 0) is 43.7 Å². The smallest absolute Gasteiger partial charge is 0.0708 e. The van der Waals surface area contributed by atoms with Crippen molar-refractivity contribution < 1.29 is 0 Å². The summed E-state index contributed by atoms with van der Waals surface area (Å²) in [4.78, 5) is 4.62. The Labute approximate surface area is 131 Å². The molecule has 2 aromatic rings. The van der Waals surface area contributed by atoms with Crippen molar-refractivity contribution in [3.8, 4) is 0 Å². The number of para-hydroxylation sites is 1. The van der Waals surface area contributed by atoms with Crippen LogP contribution in [0.25, 0.3) is 10.9 Å². The first-order valence-electron chi connectivity index (χ1n) is 7.84. The van der Waals surface area contributed by atoms with Crippen molar-refractivity contribution in [3.63, 3.8) is 0 Å². The SMILES string of the molecule is CSC1(CNCc2cc(C)nc3ccccc23)CCCC1. The molecule has 112 valence electrons. The second-order valence-corrected chi connectivity index (χ2v) is 7.41. The molecule has 1 aliphatic rings. The molecule has 0 radical (unpaired) electrons. The molecule has 1 saturated carbocycles. The third kappa shape index (κ3) is 3.24.